The van der Waals surface area contributed by atoms with Gasteiger partial charge in [0, 0.05) is 0 Å². The predicted molar refractivity (Wildman–Crippen MR) is 80.2 cm³/mol. The van der Waals surface area contributed by atoms with Gasteiger partial charge in [-0.3, -0.25) is 9.59 Å². The fourth-order valence-electron chi connectivity index (χ4n) is 5.52. The first-order valence-corrected chi connectivity index (χ1v) is 8.85. The second kappa shape index (κ2) is 4.70. The van der Waals surface area contributed by atoms with Crippen molar-refractivity contribution < 1.29 is 19.8 Å². The first-order valence-electron chi connectivity index (χ1n) is 7.02. The molecule has 0 heterocycles. The molecule has 2 N–H and O–H groups in total. The lowest BCUT2D eigenvalue weighted by atomic mass is 9.43. The molecule has 20 heavy (non-hydrogen) atoms. The monoisotopic (exact) mass is 408 g/mol. The molecule has 0 spiro atoms. The summed E-state index contributed by atoms with van der Waals surface area (Å²) in [6, 6.07) is 0. The molecule has 0 radical (unpaired) electrons. The molecule has 4 rings (SSSR count). The molecular formula is C14H18Br2O4. The zero-order chi connectivity index (χ0) is 14.7. The quantitative estimate of drug-likeness (QED) is 0.698. The average Bonchev–Trinajstić information content (AvgIpc) is 2.35. The molecule has 0 saturated heterocycles. The Bertz CT molecular complexity index is 412. The molecule has 4 fully saturated rings. The van der Waals surface area contributed by atoms with Crippen LogP contribution in [0.1, 0.15) is 38.5 Å². The van der Waals surface area contributed by atoms with Crippen molar-refractivity contribution in [2.75, 3.05) is 0 Å². The highest BCUT2D eigenvalue weighted by atomic mass is 79.9. The van der Waals surface area contributed by atoms with Crippen molar-refractivity contribution in [1.29, 1.82) is 0 Å². The normalized spacial score (nSPS) is 45.1. The van der Waals surface area contributed by atoms with Crippen LogP contribution >= 0.6 is 31.9 Å². The number of aliphatic carboxylic acids is 2. The van der Waals surface area contributed by atoms with E-state index >= 15 is 0 Å². The number of alkyl halides is 2. The maximum Gasteiger partial charge on any atom is 0.317 e. The van der Waals surface area contributed by atoms with E-state index in [2.05, 4.69) is 31.9 Å². The number of halogens is 2. The largest absolute Gasteiger partial charge is 0.480 e. The number of hydrogen-bond donors (Lipinski definition) is 2. The minimum atomic E-state index is -0.816. The number of carboxylic acids is 2. The Labute approximate surface area is 134 Å². The summed E-state index contributed by atoms with van der Waals surface area (Å²) in [4.78, 5) is 21.8. The van der Waals surface area contributed by atoms with Gasteiger partial charge in [-0.15, -0.1) is 0 Å². The Hall–Kier alpha value is -0.100. The molecule has 6 heteroatoms. The van der Waals surface area contributed by atoms with Crippen LogP contribution in [0.3, 0.4) is 0 Å². The third-order valence-electron chi connectivity index (χ3n) is 5.66. The molecule has 0 aromatic heterocycles. The Morgan fingerprint density at radius 3 is 1.55 bits per heavy atom. The van der Waals surface area contributed by atoms with Gasteiger partial charge in [0.15, 0.2) is 0 Å². The highest BCUT2D eigenvalue weighted by Gasteiger charge is 2.63. The van der Waals surface area contributed by atoms with Crippen LogP contribution in [0.25, 0.3) is 0 Å². The van der Waals surface area contributed by atoms with E-state index in [1.807, 2.05) is 0 Å². The van der Waals surface area contributed by atoms with Gasteiger partial charge in [-0.25, -0.2) is 0 Å². The third-order valence-corrected chi connectivity index (χ3v) is 8.39. The number of carbonyl (C=O) groups is 2. The van der Waals surface area contributed by atoms with Gasteiger partial charge in [-0.2, -0.15) is 0 Å². The molecule has 4 aliphatic carbocycles. The summed E-state index contributed by atoms with van der Waals surface area (Å²) in [5.41, 5.74) is -0.533. The first kappa shape index (κ1) is 14.8. The van der Waals surface area contributed by atoms with Crippen LogP contribution in [0.5, 0.6) is 0 Å². The fraction of sp³-hybridized carbons (Fsp3) is 0.857. The van der Waals surface area contributed by atoms with Gasteiger partial charge in [0.05, 0.1) is 0 Å². The first-order chi connectivity index (χ1) is 9.28. The average molecular weight is 410 g/mol. The molecule has 4 nitrogen and oxygen atoms in total. The van der Waals surface area contributed by atoms with Crippen molar-refractivity contribution in [2.45, 2.75) is 48.2 Å². The lowest BCUT2D eigenvalue weighted by Gasteiger charge is -2.63. The molecule has 0 amide bonds. The Morgan fingerprint density at radius 1 is 0.900 bits per heavy atom. The second-order valence-electron chi connectivity index (χ2n) is 7.09. The maximum absolute atomic E-state index is 11.4. The lowest BCUT2D eigenvalue weighted by Crippen LogP contribution is -2.59. The van der Waals surface area contributed by atoms with Crippen LogP contribution in [-0.4, -0.2) is 31.8 Å². The summed E-state index contributed by atoms with van der Waals surface area (Å²) in [6.45, 7) is 0. The summed E-state index contributed by atoms with van der Waals surface area (Å²) >= 11 is 6.76. The molecule has 4 bridgehead atoms. The van der Waals surface area contributed by atoms with E-state index in [1.54, 1.807) is 0 Å². The Balaban J connectivity index is 1.97. The van der Waals surface area contributed by atoms with E-state index in [1.165, 1.54) is 0 Å². The van der Waals surface area contributed by atoms with Gasteiger partial charge >= 0.3 is 11.9 Å². The molecule has 2 atom stereocenters. The van der Waals surface area contributed by atoms with Gasteiger partial charge in [0.25, 0.3) is 0 Å². The van der Waals surface area contributed by atoms with E-state index < -0.39 is 21.6 Å². The number of rotatable bonds is 4. The highest BCUT2D eigenvalue weighted by molar-refractivity contribution is 9.10. The topological polar surface area (TPSA) is 74.6 Å². The molecule has 0 aliphatic heterocycles. The molecule has 4 saturated carbocycles. The molecular weight excluding hydrogens is 392 g/mol. The summed E-state index contributed by atoms with van der Waals surface area (Å²) in [5.74, 6) is -0.669. The standard InChI is InChI=1S/C14H18Br2O4/c15-9(11(17)18)13-2-7-1-8(4-13)5-14(3-7,6-13)10(16)12(19)20/h7-10H,1-6H2,(H,17,18)(H,19,20)/t7?,8?,9-,10-,13?,14?/m0/s1. The maximum atomic E-state index is 11.4. The Morgan fingerprint density at radius 2 is 1.25 bits per heavy atom. The van der Waals surface area contributed by atoms with Crippen LogP contribution in [0, 0.1) is 22.7 Å². The summed E-state index contributed by atoms with van der Waals surface area (Å²) in [5, 5.41) is 18.8. The molecule has 0 aromatic carbocycles. The van der Waals surface area contributed by atoms with Gasteiger partial charge in [0.1, 0.15) is 9.65 Å². The van der Waals surface area contributed by atoms with Gasteiger partial charge in [0.2, 0.25) is 0 Å². The zero-order valence-electron chi connectivity index (χ0n) is 11.0. The highest BCUT2D eigenvalue weighted by Crippen LogP contribution is 2.68. The van der Waals surface area contributed by atoms with Gasteiger partial charge in [-0.05, 0) is 61.2 Å². The van der Waals surface area contributed by atoms with E-state index in [4.69, 9.17) is 0 Å². The van der Waals surface area contributed by atoms with Gasteiger partial charge < -0.3 is 10.2 Å². The lowest BCUT2D eigenvalue weighted by molar-refractivity contribution is -0.156. The van der Waals surface area contributed by atoms with Crippen molar-refractivity contribution in [3.8, 4) is 0 Å². The zero-order valence-corrected chi connectivity index (χ0v) is 14.2. The van der Waals surface area contributed by atoms with Crippen molar-refractivity contribution in [2.24, 2.45) is 22.7 Å². The van der Waals surface area contributed by atoms with E-state index in [-0.39, 0.29) is 10.8 Å². The van der Waals surface area contributed by atoms with E-state index in [0.29, 0.717) is 18.3 Å². The van der Waals surface area contributed by atoms with Crippen LogP contribution in [0.15, 0.2) is 0 Å². The number of hydrogen-bond acceptors (Lipinski definition) is 2. The van der Waals surface area contributed by atoms with Crippen molar-refractivity contribution in [1.82, 2.24) is 0 Å². The SMILES string of the molecule is O=C(O)[C@H](Br)C12CC3CC(C1)CC([C@@H](Br)C(=O)O)(C3)C2. The minimum absolute atomic E-state index is 0.266. The predicted octanol–water partition coefficient (Wildman–Crippen LogP) is 3.27. The van der Waals surface area contributed by atoms with Crippen molar-refractivity contribution in [3.05, 3.63) is 0 Å². The fourth-order valence-corrected chi connectivity index (χ4v) is 6.59. The van der Waals surface area contributed by atoms with Crippen LogP contribution in [0.2, 0.25) is 0 Å². The minimum Gasteiger partial charge on any atom is -0.480 e. The summed E-state index contributed by atoms with van der Waals surface area (Å²) < 4.78 is 0. The Kier molecular flexibility index (Phi) is 3.48. The third kappa shape index (κ3) is 2.05. The van der Waals surface area contributed by atoms with Crippen LogP contribution in [0.4, 0.5) is 0 Å². The van der Waals surface area contributed by atoms with Crippen LogP contribution < -0.4 is 0 Å². The number of carboxylic acid groups (broad SMARTS) is 2. The molecule has 0 unspecified atom stereocenters. The van der Waals surface area contributed by atoms with E-state index in [0.717, 1.165) is 32.1 Å². The smallest absolute Gasteiger partial charge is 0.317 e. The summed E-state index contributed by atoms with van der Waals surface area (Å²) in [7, 11) is 0. The van der Waals surface area contributed by atoms with E-state index in [9.17, 15) is 19.8 Å². The van der Waals surface area contributed by atoms with Crippen molar-refractivity contribution >= 4 is 43.8 Å². The summed E-state index contributed by atoms with van der Waals surface area (Å²) in [6.07, 6.45) is 5.54. The molecule has 0 aromatic rings. The van der Waals surface area contributed by atoms with Gasteiger partial charge in [-0.1, -0.05) is 31.9 Å². The van der Waals surface area contributed by atoms with Crippen LogP contribution in [-0.2, 0) is 9.59 Å². The van der Waals surface area contributed by atoms with Crippen molar-refractivity contribution in [3.63, 3.8) is 0 Å². The molecule has 4 aliphatic rings. The second-order valence-corrected chi connectivity index (χ2v) is 8.92. The molecule has 112 valence electrons.